The molecule has 1 fully saturated rings. The number of nitrogens with one attached hydrogen (secondary N) is 3. The van der Waals surface area contributed by atoms with Crippen molar-refractivity contribution in [1.82, 2.24) is 9.97 Å². The van der Waals surface area contributed by atoms with Gasteiger partial charge in [0, 0.05) is 42.8 Å². The van der Waals surface area contributed by atoms with Crippen molar-refractivity contribution in [2.75, 3.05) is 17.2 Å². The molecule has 0 unspecified atom stereocenters. The lowest BCUT2D eigenvalue weighted by atomic mass is 9.85. The maximum Gasteiger partial charge on any atom is 0.254 e. The minimum absolute atomic E-state index is 0.181. The van der Waals surface area contributed by atoms with E-state index >= 15 is 0 Å². The van der Waals surface area contributed by atoms with E-state index in [0.717, 1.165) is 36.0 Å². The molecule has 2 aromatic rings. The van der Waals surface area contributed by atoms with Crippen molar-refractivity contribution in [1.29, 1.82) is 5.41 Å². The van der Waals surface area contributed by atoms with Crippen molar-refractivity contribution in [3.63, 3.8) is 0 Å². The summed E-state index contributed by atoms with van der Waals surface area (Å²) in [6.45, 7) is 2.64. The van der Waals surface area contributed by atoms with Gasteiger partial charge >= 0.3 is 0 Å². The standard InChI is InChI=1S/C21H29N9O/c1-13-8-15(10-16(9-13)30-27-7-6-22)28-20-17(19(24)31)12-26-21(29-20)25-11-14-4-2-3-5-18(14)23/h6-10,12,14,18,22,30H,2-5,11,23H2,1H3,(H2,24,31)(H2,25,26,28,29)/p+1/b22-6?,27-7-/t14-,18-/m0/s1. The Bertz CT molecular complexity index is 960. The Kier molecular flexibility index (Phi) is 7.63. The van der Waals surface area contributed by atoms with E-state index in [-0.39, 0.29) is 11.6 Å². The molecule has 1 aliphatic carbocycles. The molecule has 10 heteroatoms. The molecule has 3 rings (SSSR count). The van der Waals surface area contributed by atoms with Crippen molar-refractivity contribution < 1.29 is 10.2 Å². The number of primary amides is 1. The number of anilines is 3. The minimum Gasteiger partial charge on any atom is -0.365 e. The van der Waals surface area contributed by atoms with Crippen LogP contribution in [0, 0.1) is 18.3 Å². The van der Waals surface area contributed by atoms with Gasteiger partial charge in [0.2, 0.25) is 5.95 Å². The lowest BCUT2D eigenvalue weighted by Crippen LogP contribution is -2.71. The molecule has 164 valence electrons. The molecule has 10 nitrogen and oxygen atoms in total. The fraction of sp³-hybridized carbons (Fsp3) is 0.381. The predicted octanol–water partition coefficient (Wildman–Crippen LogP) is 1.39. The minimum atomic E-state index is -0.613. The summed E-state index contributed by atoms with van der Waals surface area (Å²) in [5.74, 6) is 0.511. The van der Waals surface area contributed by atoms with Gasteiger partial charge in [-0.05, 0) is 37.3 Å². The highest BCUT2D eigenvalue weighted by Crippen LogP contribution is 2.25. The van der Waals surface area contributed by atoms with Gasteiger partial charge in [-0.1, -0.05) is 17.9 Å². The van der Waals surface area contributed by atoms with Crippen molar-refractivity contribution >= 4 is 41.5 Å². The second-order valence-electron chi connectivity index (χ2n) is 7.76. The van der Waals surface area contributed by atoms with Crippen LogP contribution < -0.4 is 27.5 Å². The van der Waals surface area contributed by atoms with Crippen molar-refractivity contribution in [2.24, 2.45) is 22.5 Å². The second-order valence-corrected chi connectivity index (χ2v) is 7.76. The smallest absolute Gasteiger partial charge is 0.254 e. The first kappa shape index (κ1) is 22.3. The van der Waals surface area contributed by atoms with Gasteiger partial charge < -0.3 is 27.5 Å². The first-order valence-electron chi connectivity index (χ1n) is 10.4. The van der Waals surface area contributed by atoms with Gasteiger partial charge in [0.1, 0.15) is 17.6 Å². The van der Waals surface area contributed by atoms with Gasteiger partial charge in [-0.3, -0.25) is 4.79 Å². The van der Waals surface area contributed by atoms with Crippen LogP contribution in [0.4, 0.5) is 23.1 Å². The van der Waals surface area contributed by atoms with Crippen LogP contribution in [-0.2, 0) is 0 Å². The SMILES string of the molecule is Cc1cc(Nc2nc(NC[C@@H]3CCCC[C@@H]3N)ncc2C(N)=O)cc([NH2+]/N=C\C=N)c1. The highest BCUT2D eigenvalue weighted by Gasteiger charge is 2.22. The van der Waals surface area contributed by atoms with Crippen molar-refractivity contribution in [2.45, 2.75) is 38.6 Å². The van der Waals surface area contributed by atoms with E-state index in [9.17, 15) is 4.79 Å². The van der Waals surface area contributed by atoms with E-state index in [4.69, 9.17) is 16.9 Å². The molecule has 1 heterocycles. The zero-order valence-corrected chi connectivity index (χ0v) is 17.6. The molecule has 2 atom stereocenters. The first-order chi connectivity index (χ1) is 15.0. The van der Waals surface area contributed by atoms with Crippen LogP contribution in [0.1, 0.15) is 41.6 Å². The van der Waals surface area contributed by atoms with E-state index in [1.807, 2.05) is 25.1 Å². The lowest BCUT2D eigenvalue weighted by molar-refractivity contribution is -0.576. The quantitative estimate of drug-likeness (QED) is 0.154. The van der Waals surface area contributed by atoms with E-state index in [2.05, 4.69) is 25.7 Å². The fourth-order valence-electron chi connectivity index (χ4n) is 3.72. The zero-order valence-electron chi connectivity index (χ0n) is 17.6. The number of amides is 1. The largest absolute Gasteiger partial charge is 0.365 e. The molecule has 1 aromatic carbocycles. The van der Waals surface area contributed by atoms with Crippen LogP contribution in [0.5, 0.6) is 0 Å². The Labute approximate surface area is 181 Å². The number of quaternary nitrogens is 1. The molecule has 0 radical (unpaired) electrons. The molecule has 0 aliphatic heterocycles. The fourth-order valence-corrected chi connectivity index (χ4v) is 3.72. The number of benzene rings is 1. The number of nitrogens with two attached hydrogens (primary N) is 3. The summed E-state index contributed by atoms with van der Waals surface area (Å²) in [6, 6.07) is 5.94. The number of aromatic nitrogens is 2. The maximum absolute atomic E-state index is 11.9. The third-order valence-corrected chi connectivity index (χ3v) is 5.29. The highest BCUT2D eigenvalue weighted by atomic mass is 16.1. The van der Waals surface area contributed by atoms with Gasteiger partial charge in [0.15, 0.2) is 5.69 Å². The number of hydrogen-bond donors (Lipinski definition) is 6. The summed E-state index contributed by atoms with van der Waals surface area (Å²) in [4.78, 5) is 20.6. The lowest BCUT2D eigenvalue weighted by Gasteiger charge is -2.28. The number of carbonyl (C=O) groups excluding carboxylic acids is 1. The first-order valence-corrected chi connectivity index (χ1v) is 10.4. The van der Waals surface area contributed by atoms with Crippen LogP contribution in [0.3, 0.4) is 0 Å². The Balaban J connectivity index is 1.79. The third kappa shape index (κ3) is 6.30. The molecular weight excluding hydrogens is 394 g/mol. The van der Waals surface area contributed by atoms with Gasteiger partial charge in [0.05, 0.1) is 0 Å². The average Bonchev–Trinajstić information content (AvgIpc) is 2.73. The Morgan fingerprint density at radius 3 is 2.90 bits per heavy atom. The van der Waals surface area contributed by atoms with Gasteiger partial charge in [-0.25, -0.2) is 4.98 Å². The molecule has 1 saturated carbocycles. The van der Waals surface area contributed by atoms with Crippen LogP contribution in [0.25, 0.3) is 0 Å². The molecular formula is C21H30N9O+. The van der Waals surface area contributed by atoms with E-state index < -0.39 is 5.91 Å². The van der Waals surface area contributed by atoms with Crippen molar-refractivity contribution in [3.8, 4) is 0 Å². The van der Waals surface area contributed by atoms with Gasteiger partial charge in [-0.2, -0.15) is 10.4 Å². The van der Waals surface area contributed by atoms with Gasteiger partial charge in [-0.15, -0.1) is 0 Å². The third-order valence-electron chi connectivity index (χ3n) is 5.29. The average molecular weight is 425 g/mol. The number of hydrogen-bond acceptors (Lipinski definition) is 8. The number of aryl methyl sites for hydroxylation is 1. The van der Waals surface area contributed by atoms with E-state index in [1.54, 1.807) is 5.43 Å². The monoisotopic (exact) mass is 424 g/mol. The zero-order chi connectivity index (χ0) is 22.2. The Morgan fingerprint density at radius 2 is 2.16 bits per heavy atom. The van der Waals surface area contributed by atoms with Gasteiger partial charge in [0.25, 0.3) is 5.91 Å². The molecule has 9 N–H and O–H groups in total. The Hall–Kier alpha value is -3.37. The predicted molar refractivity (Wildman–Crippen MR) is 122 cm³/mol. The summed E-state index contributed by atoms with van der Waals surface area (Å²) in [5.41, 5.74) is 16.2. The molecule has 0 saturated heterocycles. The van der Waals surface area contributed by atoms with Crippen LogP contribution >= 0.6 is 0 Å². The second kappa shape index (κ2) is 10.6. The highest BCUT2D eigenvalue weighted by molar-refractivity contribution is 6.14. The summed E-state index contributed by atoms with van der Waals surface area (Å²) >= 11 is 0. The van der Waals surface area contributed by atoms with E-state index in [0.29, 0.717) is 24.2 Å². The van der Waals surface area contributed by atoms with Crippen LogP contribution in [0.15, 0.2) is 29.5 Å². The number of nitrogens with zero attached hydrogens (tertiary/aromatic N) is 3. The molecule has 1 aromatic heterocycles. The molecule has 0 spiro atoms. The molecule has 1 aliphatic rings. The van der Waals surface area contributed by atoms with Crippen LogP contribution in [-0.4, -0.2) is 40.9 Å². The number of carbonyl (C=O) groups is 1. The Morgan fingerprint density at radius 1 is 1.35 bits per heavy atom. The molecule has 1 amide bonds. The number of rotatable bonds is 9. The topological polar surface area (TPSA) is 172 Å². The normalized spacial score (nSPS) is 18.6. The van der Waals surface area contributed by atoms with E-state index in [1.165, 1.54) is 25.3 Å². The molecule has 0 bridgehead atoms. The summed E-state index contributed by atoms with van der Waals surface area (Å²) in [6.07, 6.45) is 8.42. The van der Waals surface area contributed by atoms with Crippen molar-refractivity contribution in [3.05, 3.63) is 35.5 Å². The maximum atomic E-state index is 11.9. The van der Waals surface area contributed by atoms with Crippen LogP contribution in [0.2, 0.25) is 0 Å². The summed E-state index contributed by atoms with van der Waals surface area (Å²) < 4.78 is 0. The summed E-state index contributed by atoms with van der Waals surface area (Å²) in [5, 5.41) is 17.5. The molecule has 31 heavy (non-hydrogen) atoms. The summed E-state index contributed by atoms with van der Waals surface area (Å²) in [7, 11) is 0.